The lowest BCUT2D eigenvalue weighted by molar-refractivity contribution is -0.163. The van der Waals surface area contributed by atoms with Crippen LogP contribution in [0.4, 0.5) is 0 Å². The van der Waals surface area contributed by atoms with Gasteiger partial charge in [0.2, 0.25) is 0 Å². The van der Waals surface area contributed by atoms with Crippen LogP contribution in [0.1, 0.15) is 40.0 Å². The molecule has 0 saturated heterocycles. The van der Waals surface area contributed by atoms with Crippen molar-refractivity contribution in [2.24, 2.45) is 11.7 Å². The molecule has 94 valence electrons. The van der Waals surface area contributed by atoms with Crippen molar-refractivity contribution >= 4 is 5.97 Å². The monoisotopic (exact) mass is 229 g/mol. The number of methoxy groups -OCH3 is 1. The Kier molecular flexibility index (Phi) is 4.33. The van der Waals surface area contributed by atoms with E-state index in [0.717, 1.165) is 12.8 Å². The highest BCUT2D eigenvalue weighted by Crippen LogP contribution is 2.27. The molecule has 2 N–H and O–H groups in total. The summed E-state index contributed by atoms with van der Waals surface area (Å²) in [6.45, 7) is 5.65. The fraction of sp³-hybridized carbons (Fsp3) is 0.917. The number of hydrogen-bond donors (Lipinski definition) is 1. The molecule has 0 bridgehead atoms. The molecule has 0 radical (unpaired) electrons. The van der Waals surface area contributed by atoms with E-state index >= 15 is 0 Å². The minimum Gasteiger partial charge on any atom is -0.460 e. The Bertz CT molecular complexity index is 247. The van der Waals surface area contributed by atoms with E-state index in [9.17, 15) is 4.79 Å². The number of carbonyl (C=O) groups excluding carboxylic acids is 1. The van der Waals surface area contributed by atoms with Gasteiger partial charge in [-0.15, -0.1) is 0 Å². The van der Waals surface area contributed by atoms with Gasteiger partial charge in [0.25, 0.3) is 0 Å². The largest absolute Gasteiger partial charge is 0.460 e. The lowest BCUT2D eigenvalue weighted by atomic mass is 9.84. The first-order chi connectivity index (χ1) is 7.33. The third-order valence-electron chi connectivity index (χ3n) is 2.89. The summed E-state index contributed by atoms with van der Waals surface area (Å²) in [5.74, 6) is -0.189. The zero-order valence-electron chi connectivity index (χ0n) is 10.7. The quantitative estimate of drug-likeness (QED) is 0.728. The van der Waals surface area contributed by atoms with Crippen LogP contribution in [-0.4, -0.2) is 30.8 Å². The van der Waals surface area contributed by atoms with Gasteiger partial charge in [0.05, 0.1) is 12.0 Å². The van der Waals surface area contributed by atoms with Crippen molar-refractivity contribution in [1.82, 2.24) is 0 Å². The van der Waals surface area contributed by atoms with E-state index in [-0.39, 0.29) is 24.0 Å². The zero-order chi connectivity index (χ0) is 12.3. The lowest BCUT2D eigenvalue weighted by Gasteiger charge is -2.33. The Labute approximate surface area is 97.5 Å². The molecule has 1 fully saturated rings. The van der Waals surface area contributed by atoms with Crippen LogP contribution < -0.4 is 5.73 Å². The molecule has 0 aromatic heterocycles. The van der Waals surface area contributed by atoms with E-state index in [2.05, 4.69) is 0 Å². The standard InChI is InChI=1S/C12H23NO3/c1-12(2,3)16-11(14)8-5-6-9(13)10(7-8)15-4/h8-10H,5-7,13H2,1-4H3. The molecule has 4 heteroatoms. The van der Waals surface area contributed by atoms with Gasteiger partial charge in [-0.2, -0.15) is 0 Å². The van der Waals surface area contributed by atoms with Crippen LogP contribution in [0.25, 0.3) is 0 Å². The summed E-state index contributed by atoms with van der Waals surface area (Å²) in [7, 11) is 1.64. The molecule has 1 rings (SSSR count). The predicted octanol–water partition coefficient (Wildman–Crippen LogP) is 1.47. The SMILES string of the molecule is COC1CC(C(=O)OC(C)(C)C)CCC1N. The molecule has 0 aliphatic heterocycles. The van der Waals surface area contributed by atoms with E-state index < -0.39 is 5.60 Å². The highest BCUT2D eigenvalue weighted by Gasteiger charge is 2.34. The topological polar surface area (TPSA) is 61.5 Å². The lowest BCUT2D eigenvalue weighted by Crippen LogP contribution is -2.44. The number of nitrogens with two attached hydrogens (primary N) is 1. The third-order valence-corrected chi connectivity index (χ3v) is 2.89. The average Bonchev–Trinajstić information content (AvgIpc) is 2.15. The number of hydrogen-bond acceptors (Lipinski definition) is 4. The third kappa shape index (κ3) is 3.76. The first-order valence-corrected chi connectivity index (χ1v) is 5.84. The van der Waals surface area contributed by atoms with Crippen molar-refractivity contribution in [3.63, 3.8) is 0 Å². The molecule has 0 spiro atoms. The van der Waals surface area contributed by atoms with Crippen molar-refractivity contribution in [3.8, 4) is 0 Å². The van der Waals surface area contributed by atoms with E-state index in [1.807, 2.05) is 20.8 Å². The first kappa shape index (κ1) is 13.5. The van der Waals surface area contributed by atoms with Gasteiger partial charge in [0, 0.05) is 13.2 Å². The molecule has 0 aromatic carbocycles. The van der Waals surface area contributed by atoms with Crippen molar-refractivity contribution in [2.45, 2.75) is 57.8 Å². The van der Waals surface area contributed by atoms with E-state index in [1.54, 1.807) is 7.11 Å². The van der Waals surface area contributed by atoms with Crippen LogP contribution in [0, 0.1) is 5.92 Å². The van der Waals surface area contributed by atoms with Crippen molar-refractivity contribution in [2.75, 3.05) is 7.11 Å². The molecule has 1 saturated carbocycles. The smallest absolute Gasteiger partial charge is 0.309 e. The Morgan fingerprint density at radius 1 is 1.31 bits per heavy atom. The number of rotatable bonds is 2. The van der Waals surface area contributed by atoms with Crippen LogP contribution >= 0.6 is 0 Å². The summed E-state index contributed by atoms with van der Waals surface area (Å²) in [5, 5.41) is 0. The van der Waals surface area contributed by atoms with Crippen LogP contribution in [0.15, 0.2) is 0 Å². The van der Waals surface area contributed by atoms with Gasteiger partial charge in [0.15, 0.2) is 0 Å². The van der Waals surface area contributed by atoms with Crippen LogP contribution in [0.5, 0.6) is 0 Å². The Morgan fingerprint density at radius 3 is 2.44 bits per heavy atom. The molecule has 1 aliphatic carbocycles. The molecule has 1 aliphatic rings. The van der Waals surface area contributed by atoms with E-state index in [1.165, 1.54) is 0 Å². The van der Waals surface area contributed by atoms with Crippen molar-refractivity contribution in [1.29, 1.82) is 0 Å². The van der Waals surface area contributed by atoms with Crippen LogP contribution in [0.3, 0.4) is 0 Å². The molecule has 0 amide bonds. The van der Waals surface area contributed by atoms with Gasteiger partial charge in [0.1, 0.15) is 5.60 Å². The Morgan fingerprint density at radius 2 is 1.94 bits per heavy atom. The van der Waals surface area contributed by atoms with Crippen molar-refractivity contribution < 1.29 is 14.3 Å². The second-order valence-electron chi connectivity index (χ2n) is 5.48. The summed E-state index contributed by atoms with van der Waals surface area (Å²) < 4.78 is 10.7. The van der Waals surface area contributed by atoms with Crippen LogP contribution in [-0.2, 0) is 14.3 Å². The Balaban J connectivity index is 2.52. The summed E-state index contributed by atoms with van der Waals surface area (Å²) in [6.07, 6.45) is 2.27. The zero-order valence-corrected chi connectivity index (χ0v) is 10.7. The minimum absolute atomic E-state index is 0.0220. The summed E-state index contributed by atoms with van der Waals surface area (Å²) in [5.41, 5.74) is 5.48. The molecular formula is C12H23NO3. The second kappa shape index (κ2) is 5.15. The van der Waals surface area contributed by atoms with Gasteiger partial charge >= 0.3 is 5.97 Å². The van der Waals surface area contributed by atoms with Gasteiger partial charge in [-0.1, -0.05) is 0 Å². The number of carbonyl (C=O) groups is 1. The van der Waals surface area contributed by atoms with E-state index in [0.29, 0.717) is 6.42 Å². The van der Waals surface area contributed by atoms with Crippen LogP contribution in [0.2, 0.25) is 0 Å². The molecule has 16 heavy (non-hydrogen) atoms. The predicted molar refractivity (Wildman–Crippen MR) is 62.0 cm³/mol. The first-order valence-electron chi connectivity index (χ1n) is 5.84. The summed E-state index contributed by atoms with van der Waals surface area (Å²) in [4.78, 5) is 11.9. The molecule has 0 aromatic rings. The highest BCUT2D eigenvalue weighted by molar-refractivity contribution is 5.73. The minimum atomic E-state index is -0.417. The van der Waals surface area contributed by atoms with Crippen molar-refractivity contribution in [3.05, 3.63) is 0 Å². The molecule has 0 heterocycles. The summed E-state index contributed by atoms with van der Waals surface area (Å²) >= 11 is 0. The van der Waals surface area contributed by atoms with E-state index in [4.69, 9.17) is 15.2 Å². The van der Waals surface area contributed by atoms with Gasteiger partial charge in [-0.05, 0) is 40.0 Å². The highest BCUT2D eigenvalue weighted by atomic mass is 16.6. The van der Waals surface area contributed by atoms with Gasteiger partial charge < -0.3 is 15.2 Å². The fourth-order valence-electron chi connectivity index (χ4n) is 2.02. The second-order valence-corrected chi connectivity index (χ2v) is 5.48. The maximum Gasteiger partial charge on any atom is 0.309 e. The van der Waals surface area contributed by atoms with Gasteiger partial charge in [-0.3, -0.25) is 4.79 Å². The molecule has 3 atom stereocenters. The molecule has 3 unspecified atom stereocenters. The average molecular weight is 229 g/mol. The number of esters is 1. The maximum absolute atomic E-state index is 11.9. The number of ether oxygens (including phenoxy) is 2. The fourth-order valence-corrected chi connectivity index (χ4v) is 2.02. The molecule has 4 nitrogen and oxygen atoms in total. The molecular weight excluding hydrogens is 206 g/mol. The van der Waals surface area contributed by atoms with Gasteiger partial charge in [-0.25, -0.2) is 0 Å². The summed E-state index contributed by atoms with van der Waals surface area (Å²) in [6, 6.07) is 0.0451. The Hall–Kier alpha value is -0.610. The maximum atomic E-state index is 11.9. The normalized spacial score (nSPS) is 31.2.